The summed E-state index contributed by atoms with van der Waals surface area (Å²) in [6.07, 6.45) is 0. The minimum absolute atomic E-state index is 0.0574. The molecular formula is C8H10N2O3. The van der Waals surface area contributed by atoms with Crippen LogP contribution >= 0.6 is 0 Å². The van der Waals surface area contributed by atoms with E-state index in [0.717, 1.165) is 5.69 Å². The minimum atomic E-state index is -0.424. The van der Waals surface area contributed by atoms with E-state index < -0.39 is 4.92 Å². The lowest BCUT2D eigenvalue weighted by molar-refractivity contribution is -0.483. The lowest BCUT2D eigenvalue weighted by atomic mass is 10.3. The van der Waals surface area contributed by atoms with E-state index in [4.69, 9.17) is 4.84 Å². The van der Waals surface area contributed by atoms with Crippen molar-refractivity contribution in [3.63, 3.8) is 0 Å². The van der Waals surface area contributed by atoms with Crippen molar-refractivity contribution in [1.29, 1.82) is 0 Å². The van der Waals surface area contributed by atoms with E-state index in [1.807, 2.05) is 30.3 Å². The van der Waals surface area contributed by atoms with E-state index in [0.29, 0.717) is 0 Å². The third kappa shape index (κ3) is 4.07. The maximum Gasteiger partial charge on any atom is 0.229 e. The maximum atomic E-state index is 9.91. The van der Waals surface area contributed by atoms with Crippen molar-refractivity contribution in [1.82, 2.24) is 0 Å². The molecule has 0 aliphatic heterocycles. The van der Waals surface area contributed by atoms with Gasteiger partial charge in [0.15, 0.2) is 0 Å². The standard InChI is InChI=1S/C8H10N2O3/c11-10(12)6-7-13-9-8-4-2-1-3-5-8/h1-5,9H,6-7H2. The average Bonchev–Trinajstić information content (AvgIpc) is 2.14. The van der Waals surface area contributed by atoms with Gasteiger partial charge in [0.2, 0.25) is 6.54 Å². The molecule has 1 rings (SSSR count). The van der Waals surface area contributed by atoms with E-state index in [1.165, 1.54) is 0 Å². The van der Waals surface area contributed by atoms with Gasteiger partial charge >= 0.3 is 0 Å². The summed E-state index contributed by atoms with van der Waals surface area (Å²) < 4.78 is 0. The van der Waals surface area contributed by atoms with Crippen LogP contribution < -0.4 is 5.48 Å². The van der Waals surface area contributed by atoms with Crippen LogP contribution in [0.15, 0.2) is 30.3 Å². The first-order valence-corrected chi connectivity index (χ1v) is 3.83. The number of para-hydroxylation sites is 1. The highest BCUT2D eigenvalue weighted by Gasteiger charge is 1.95. The van der Waals surface area contributed by atoms with E-state index >= 15 is 0 Å². The zero-order valence-electron chi connectivity index (χ0n) is 6.97. The van der Waals surface area contributed by atoms with Crippen molar-refractivity contribution >= 4 is 5.69 Å². The van der Waals surface area contributed by atoms with Gasteiger partial charge in [0, 0.05) is 4.92 Å². The molecule has 0 aliphatic carbocycles. The Labute approximate surface area is 75.4 Å². The molecule has 0 aliphatic rings. The average molecular weight is 182 g/mol. The summed E-state index contributed by atoms with van der Waals surface area (Å²) in [6, 6.07) is 9.19. The molecular weight excluding hydrogens is 172 g/mol. The van der Waals surface area contributed by atoms with Gasteiger partial charge in [0.05, 0.1) is 5.69 Å². The fourth-order valence-electron chi connectivity index (χ4n) is 0.761. The maximum absolute atomic E-state index is 9.91. The topological polar surface area (TPSA) is 64.4 Å². The fourth-order valence-corrected chi connectivity index (χ4v) is 0.761. The molecule has 0 radical (unpaired) electrons. The Bertz CT molecular complexity index is 263. The van der Waals surface area contributed by atoms with Crippen LogP contribution in [0.1, 0.15) is 0 Å². The van der Waals surface area contributed by atoms with Crippen LogP contribution in [0.3, 0.4) is 0 Å². The van der Waals surface area contributed by atoms with Gasteiger partial charge in [-0.2, -0.15) is 0 Å². The second kappa shape index (κ2) is 5.10. The van der Waals surface area contributed by atoms with Crippen molar-refractivity contribution in [3.8, 4) is 0 Å². The monoisotopic (exact) mass is 182 g/mol. The molecule has 0 bridgehead atoms. The van der Waals surface area contributed by atoms with Crippen LogP contribution in [0.5, 0.6) is 0 Å². The molecule has 13 heavy (non-hydrogen) atoms. The molecule has 0 atom stereocenters. The summed E-state index contributed by atoms with van der Waals surface area (Å²) in [5.41, 5.74) is 3.38. The zero-order chi connectivity index (χ0) is 9.52. The summed E-state index contributed by atoms with van der Waals surface area (Å²) in [5, 5.41) is 9.91. The number of hydrogen-bond donors (Lipinski definition) is 1. The molecule has 0 amide bonds. The molecule has 0 aromatic heterocycles. The Balaban J connectivity index is 2.17. The molecule has 1 N–H and O–H groups in total. The quantitative estimate of drug-likeness (QED) is 0.423. The predicted octanol–water partition coefficient (Wildman–Crippen LogP) is 1.31. The van der Waals surface area contributed by atoms with E-state index in [2.05, 4.69) is 5.48 Å². The lowest BCUT2D eigenvalue weighted by Crippen LogP contribution is -2.12. The summed E-state index contributed by atoms with van der Waals surface area (Å²) in [7, 11) is 0. The summed E-state index contributed by atoms with van der Waals surface area (Å²) >= 11 is 0. The van der Waals surface area contributed by atoms with Gasteiger partial charge in [-0.1, -0.05) is 18.2 Å². The Kier molecular flexibility index (Phi) is 3.72. The predicted molar refractivity (Wildman–Crippen MR) is 47.9 cm³/mol. The molecule has 0 saturated heterocycles. The fraction of sp³-hybridized carbons (Fsp3) is 0.250. The van der Waals surface area contributed by atoms with Crippen molar-refractivity contribution in [2.24, 2.45) is 0 Å². The number of anilines is 1. The smallest absolute Gasteiger partial charge is 0.229 e. The molecule has 0 fully saturated rings. The Hall–Kier alpha value is -1.62. The molecule has 0 spiro atoms. The number of nitro groups is 1. The second-order valence-electron chi connectivity index (χ2n) is 2.37. The zero-order valence-corrected chi connectivity index (χ0v) is 6.97. The first kappa shape index (κ1) is 9.47. The van der Waals surface area contributed by atoms with E-state index in [1.54, 1.807) is 0 Å². The number of nitrogens with one attached hydrogen (secondary N) is 1. The lowest BCUT2D eigenvalue weighted by Gasteiger charge is -2.03. The van der Waals surface area contributed by atoms with Crippen LogP contribution in [0.2, 0.25) is 0 Å². The van der Waals surface area contributed by atoms with Crippen LogP contribution in [0.25, 0.3) is 0 Å². The van der Waals surface area contributed by atoms with Gasteiger partial charge in [-0.15, -0.1) is 0 Å². The van der Waals surface area contributed by atoms with E-state index in [9.17, 15) is 10.1 Å². The SMILES string of the molecule is O=[N+]([O-])CCONc1ccccc1. The summed E-state index contributed by atoms with van der Waals surface area (Å²) in [4.78, 5) is 14.3. The van der Waals surface area contributed by atoms with Gasteiger partial charge in [0.1, 0.15) is 6.61 Å². The molecule has 1 aromatic rings. The van der Waals surface area contributed by atoms with Crippen molar-refractivity contribution < 1.29 is 9.76 Å². The molecule has 1 aromatic carbocycles. The third-order valence-electron chi connectivity index (χ3n) is 1.34. The van der Waals surface area contributed by atoms with Crippen LogP contribution in [-0.4, -0.2) is 18.1 Å². The highest BCUT2D eigenvalue weighted by atomic mass is 16.7. The van der Waals surface area contributed by atoms with Crippen molar-refractivity contribution in [3.05, 3.63) is 40.4 Å². The van der Waals surface area contributed by atoms with Gasteiger partial charge in [-0.05, 0) is 12.1 Å². The third-order valence-corrected chi connectivity index (χ3v) is 1.34. The molecule has 5 nitrogen and oxygen atoms in total. The van der Waals surface area contributed by atoms with Gasteiger partial charge < -0.3 is 0 Å². The number of rotatable bonds is 5. The number of nitrogens with zero attached hydrogens (tertiary/aromatic N) is 1. The van der Waals surface area contributed by atoms with E-state index in [-0.39, 0.29) is 13.2 Å². The minimum Gasteiger partial charge on any atom is -0.269 e. The highest BCUT2D eigenvalue weighted by Crippen LogP contribution is 2.03. The number of benzene rings is 1. The largest absolute Gasteiger partial charge is 0.269 e. The van der Waals surface area contributed by atoms with Gasteiger partial charge in [-0.3, -0.25) is 20.4 Å². The summed E-state index contributed by atoms with van der Waals surface area (Å²) in [5.74, 6) is 0. The molecule has 0 saturated carbocycles. The Morgan fingerprint density at radius 1 is 1.38 bits per heavy atom. The van der Waals surface area contributed by atoms with Gasteiger partial charge in [0.25, 0.3) is 0 Å². The first-order valence-electron chi connectivity index (χ1n) is 3.83. The molecule has 5 heteroatoms. The van der Waals surface area contributed by atoms with Crippen LogP contribution in [-0.2, 0) is 4.84 Å². The Morgan fingerprint density at radius 2 is 2.08 bits per heavy atom. The molecule has 0 heterocycles. The van der Waals surface area contributed by atoms with Gasteiger partial charge in [-0.25, -0.2) is 0 Å². The van der Waals surface area contributed by atoms with Crippen molar-refractivity contribution in [2.75, 3.05) is 18.6 Å². The summed E-state index contributed by atoms with van der Waals surface area (Å²) in [6.45, 7) is -0.137. The highest BCUT2D eigenvalue weighted by molar-refractivity contribution is 5.39. The molecule has 70 valence electrons. The van der Waals surface area contributed by atoms with Crippen LogP contribution in [0, 0.1) is 10.1 Å². The second-order valence-corrected chi connectivity index (χ2v) is 2.37. The number of hydrogen-bond acceptors (Lipinski definition) is 4. The Morgan fingerprint density at radius 3 is 2.69 bits per heavy atom. The first-order chi connectivity index (χ1) is 6.29. The van der Waals surface area contributed by atoms with Crippen molar-refractivity contribution in [2.45, 2.75) is 0 Å². The molecule has 0 unspecified atom stereocenters. The van der Waals surface area contributed by atoms with Crippen LogP contribution in [0.4, 0.5) is 5.69 Å². The normalized spacial score (nSPS) is 9.54.